The van der Waals surface area contributed by atoms with E-state index in [-0.39, 0.29) is 5.91 Å². The molecule has 6 heteroatoms. The lowest BCUT2D eigenvalue weighted by molar-refractivity contribution is -0.113. The van der Waals surface area contributed by atoms with Gasteiger partial charge in [-0.3, -0.25) is 4.79 Å². The van der Waals surface area contributed by atoms with Crippen molar-refractivity contribution in [2.45, 2.75) is 5.92 Å². The van der Waals surface area contributed by atoms with E-state index in [0.29, 0.717) is 5.56 Å². The Hall–Kier alpha value is -0.240. The van der Waals surface area contributed by atoms with Crippen LogP contribution in [0.3, 0.4) is 0 Å². The molecule has 1 aromatic carbocycles. The standard InChI is InChI=1S/C10H7BrF2INO/c11-6-1-2-8(14)7(3-6)9(16)15-4-10(12,13)5-15/h1-3H,4-5H2. The zero-order valence-corrected chi connectivity index (χ0v) is 11.8. The minimum atomic E-state index is -2.72. The molecule has 1 heterocycles. The van der Waals surface area contributed by atoms with Gasteiger partial charge in [-0.25, -0.2) is 8.78 Å². The second-order valence-electron chi connectivity index (χ2n) is 3.64. The summed E-state index contributed by atoms with van der Waals surface area (Å²) < 4.78 is 26.8. The summed E-state index contributed by atoms with van der Waals surface area (Å²) in [5.74, 6) is -3.05. The van der Waals surface area contributed by atoms with Crippen LogP contribution in [-0.2, 0) is 0 Å². The maximum absolute atomic E-state index is 12.6. The molecule has 1 aliphatic rings. The summed E-state index contributed by atoms with van der Waals surface area (Å²) in [7, 11) is 0. The van der Waals surface area contributed by atoms with E-state index in [1.165, 1.54) is 0 Å². The highest BCUT2D eigenvalue weighted by atomic mass is 127. The summed E-state index contributed by atoms with van der Waals surface area (Å²) in [4.78, 5) is 13.0. The van der Waals surface area contributed by atoms with Crippen LogP contribution >= 0.6 is 38.5 Å². The van der Waals surface area contributed by atoms with Crippen molar-refractivity contribution in [3.63, 3.8) is 0 Å². The molecule has 1 aliphatic heterocycles. The summed E-state index contributed by atoms with van der Waals surface area (Å²) in [6.45, 7) is -0.956. The molecule has 0 spiro atoms. The van der Waals surface area contributed by atoms with E-state index in [1.54, 1.807) is 12.1 Å². The van der Waals surface area contributed by atoms with Crippen LogP contribution in [0.2, 0.25) is 0 Å². The van der Waals surface area contributed by atoms with E-state index < -0.39 is 19.0 Å². The van der Waals surface area contributed by atoms with Gasteiger partial charge in [0.25, 0.3) is 11.8 Å². The molecule has 2 nitrogen and oxygen atoms in total. The molecule has 1 aromatic rings. The van der Waals surface area contributed by atoms with E-state index in [2.05, 4.69) is 15.9 Å². The highest BCUT2D eigenvalue weighted by Gasteiger charge is 2.46. The molecule has 0 N–H and O–H groups in total. The number of alkyl halides is 2. The average Bonchev–Trinajstić information content (AvgIpc) is 2.17. The van der Waals surface area contributed by atoms with Gasteiger partial charge in [0.2, 0.25) is 0 Å². The Balaban J connectivity index is 2.19. The van der Waals surface area contributed by atoms with Crippen molar-refractivity contribution in [1.82, 2.24) is 4.90 Å². The number of benzene rings is 1. The van der Waals surface area contributed by atoms with Gasteiger partial charge >= 0.3 is 0 Å². The first-order chi connectivity index (χ1) is 7.39. The molecule has 0 saturated carbocycles. The van der Waals surface area contributed by atoms with E-state index in [0.717, 1.165) is 12.9 Å². The number of likely N-dealkylation sites (tertiary alicyclic amines) is 1. The summed E-state index contributed by atoms with van der Waals surface area (Å²) in [6.07, 6.45) is 0. The zero-order chi connectivity index (χ0) is 11.9. The van der Waals surface area contributed by atoms with Crippen LogP contribution in [0.5, 0.6) is 0 Å². The monoisotopic (exact) mass is 401 g/mol. The van der Waals surface area contributed by atoms with Gasteiger partial charge in [-0.15, -0.1) is 0 Å². The van der Waals surface area contributed by atoms with E-state index in [4.69, 9.17) is 0 Å². The minimum absolute atomic E-state index is 0.336. The molecule has 0 bridgehead atoms. The highest BCUT2D eigenvalue weighted by Crippen LogP contribution is 2.29. The van der Waals surface area contributed by atoms with Crippen molar-refractivity contribution in [1.29, 1.82) is 0 Å². The van der Waals surface area contributed by atoms with Gasteiger partial charge in [0, 0.05) is 8.04 Å². The predicted octanol–water partition coefficient (Wildman–Crippen LogP) is 3.14. The molecule has 2 rings (SSSR count). The van der Waals surface area contributed by atoms with Gasteiger partial charge in [-0.05, 0) is 40.8 Å². The SMILES string of the molecule is O=C(c1cc(Br)ccc1I)N1CC(F)(F)C1. The first kappa shape index (κ1) is 12.2. The molecule has 1 amide bonds. The van der Waals surface area contributed by atoms with Crippen molar-refractivity contribution in [2.24, 2.45) is 0 Å². The Bertz CT molecular complexity index is 444. The molecule has 0 unspecified atom stereocenters. The third-order valence-corrected chi connectivity index (χ3v) is 3.72. The largest absolute Gasteiger partial charge is 0.326 e. The molecule has 0 aliphatic carbocycles. The fourth-order valence-corrected chi connectivity index (χ4v) is 2.41. The fraction of sp³-hybridized carbons (Fsp3) is 0.300. The van der Waals surface area contributed by atoms with Crippen molar-refractivity contribution in [2.75, 3.05) is 13.1 Å². The molecule has 0 radical (unpaired) electrons. The number of rotatable bonds is 1. The van der Waals surface area contributed by atoms with Gasteiger partial charge in [0.15, 0.2) is 0 Å². The summed E-state index contributed by atoms with van der Waals surface area (Å²) >= 11 is 5.27. The Morgan fingerprint density at radius 3 is 2.62 bits per heavy atom. The van der Waals surface area contributed by atoms with Crippen molar-refractivity contribution in [3.8, 4) is 0 Å². The first-order valence-electron chi connectivity index (χ1n) is 4.51. The van der Waals surface area contributed by atoms with Crippen LogP contribution in [0, 0.1) is 3.57 Å². The van der Waals surface area contributed by atoms with Crippen LogP contribution in [0.1, 0.15) is 10.4 Å². The topological polar surface area (TPSA) is 20.3 Å². The fourth-order valence-electron chi connectivity index (χ4n) is 1.49. The lowest BCUT2D eigenvalue weighted by Crippen LogP contribution is -2.58. The first-order valence-corrected chi connectivity index (χ1v) is 6.38. The van der Waals surface area contributed by atoms with Crippen LogP contribution in [0.25, 0.3) is 0 Å². The Labute approximate surface area is 113 Å². The quantitative estimate of drug-likeness (QED) is 0.662. The van der Waals surface area contributed by atoms with Crippen molar-refractivity contribution < 1.29 is 13.6 Å². The number of halogens is 4. The van der Waals surface area contributed by atoms with Crippen LogP contribution in [-0.4, -0.2) is 29.8 Å². The van der Waals surface area contributed by atoms with Gasteiger partial charge in [-0.1, -0.05) is 15.9 Å². The molecular weight excluding hydrogens is 395 g/mol. The number of hydrogen-bond donors (Lipinski definition) is 0. The molecule has 16 heavy (non-hydrogen) atoms. The van der Waals surface area contributed by atoms with E-state index in [1.807, 2.05) is 28.7 Å². The lowest BCUT2D eigenvalue weighted by atomic mass is 10.1. The Morgan fingerprint density at radius 1 is 1.44 bits per heavy atom. The summed E-state index contributed by atoms with van der Waals surface area (Å²) in [5.41, 5.74) is 0.463. The zero-order valence-electron chi connectivity index (χ0n) is 8.01. The molecular formula is C10H7BrF2INO. The van der Waals surface area contributed by atoms with Crippen LogP contribution in [0.15, 0.2) is 22.7 Å². The molecule has 0 aromatic heterocycles. The van der Waals surface area contributed by atoms with E-state index in [9.17, 15) is 13.6 Å². The predicted molar refractivity (Wildman–Crippen MR) is 67.7 cm³/mol. The average molecular weight is 402 g/mol. The smallest absolute Gasteiger partial charge is 0.282 e. The normalized spacial score (nSPS) is 18.1. The number of carbonyl (C=O) groups is 1. The minimum Gasteiger partial charge on any atom is -0.326 e. The third-order valence-electron chi connectivity index (χ3n) is 2.29. The Morgan fingerprint density at radius 2 is 2.06 bits per heavy atom. The summed E-state index contributed by atoms with van der Waals surface area (Å²) in [6, 6.07) is 5.24. The number of amides is 1. The van der Waals surface area contributed by atoms with Crippen molar-refractivity contribution >= 4 is 44.4 Å². The third kappa shape index (κ3) is 2.37. The molecule has 0 atom stereocenters. The van der Waals surface area contributed by atoms with E-state index >= 15 is 0 Å². The highest BCUT2D eigenvalue weighted by molar-refractivity contribution is 14.1. The lowest BCUT2D eigenvalue weighted by Gasteiger charge is -2.38. The number of hydrogen-bond acceptors (Lipinski definition) is 1. The maximum atomic E-state index is 12.6. The number of carbonyl (C=O) groups excluding carboxylic acids is 1. The number of nitrogens with zero attached hydrogens (tertiary/aromatic N) is 1. The van der Waals surface area contributed by atoms with Gasteiger partial charge in [0.1, 0.15) is 0 Å². The summed E-state index contributed by atoms with van der Waals surface area (Å²) in [5, 5.41) is 0. The molecule has 1 fully saturated rings. The van der Waals surface area contributed by atoms with Crippen molar-refractivity contribution in [3.05, 3.63) is 31.8 Å². The van der Waals surface area contributed by atoms with Crippen LogP contribution < -0.4 is 0 Å². The van der Waals surface area contributed by atoms with Gasteiger partial charge in [-0.2, -0.15) is 0 Å². The molecule has 86 valence electrons. The maximum Gasteiger partial charge on any atom is 0.282 e. The van der Waals surface area contributed by atoms with Gasteiger partial charge in [0.05, 0.1) is 18.7 Å². The Kier molecular flexibility index (Phi) is 3.22. The van der Waals surface area contributed by atoms with Crippen LogP contribution in [0.4, 0.5) is 8.78 Å². The molecule has 1 saturated heterocycles. The second-order valence-corrected chi connectivity index (χ2v) is 5.72. The van der Waals surface area contributed by atoms with Gasteiger partial charge < -0.3 is 4.90 Å². The second kappa shape index (κ2) is 4.21.